The molecule has 0 fully saturated rings. The average molecular weight is 261 g/mol. The van der Waals surface area contributed by atoms with Gasteiger partial charge in [0.1, 0.15) is 5.69 Å². The molecule has 0 bridgehead atoms. The molecule has 6 nitrogen and oxygen atoms in total. The van der Waals surface area contributed by atoms with Gasteiger partial charge in [-0.15, -0.1) is 16.4 Å². The quantitative estimate of drug-likeness (QED) is 0.769. The number of hydrogen-bond donors (Lipinski definition) is 1. The van der Waals surface area contributed by atoms with Crippen LogP contribution in [0.15, 0.2) is 34.3 Å². The number of rotatable bonds is 4. The van der Waals surface area contributed by atoms with E-state index in [1.165, 1.54) is 0 Å². The molecular weight excluding hydrogens is 250 g/mol. The standard InChI is InChI=1S/C11H11N5OS/c12-5-9-7-16(15-13-9)6-8-4-10(17-14-8)11-2-1-3-18-11/h1-4,7H,5-6,12H2. The molecule has 0 aliphatic carbocycles. The van der Waals surface area contributed by atoms with Crippen molar-refractivity contribution in [2.75, 3.05) is 0 Å². The van der Waals surface area contributed by atoms with Crippen LogP contribution in [0.2, 0.25) is 0 Å². The van der Waals surface area contributed by atoms with E-state index in [9.17, 15) is 0 Å². The molecule has 3 rings (SSSR count). The molecule has 0 aromatic carbocycles. The molecule has 3 heterocycles. The van der Waals surface area contributed by atoms with Crippen LogP contribution in [0.3, 0.4) is 0 Å². The van der Waals surface area contributed by atoms with E-state index in [0.717, 1.165) is 22.0 Å². The Morgan fingerprint density at radius 1 is 1.39 bits per heavy atom. The minimum absolute atomic E-state index is 0.388. The van der Waals surface area contributed by atoms with E-state index in [4.69, 9.17) is 10.3 Å². The van der Waals surface area contributed by atoms with Gasteiger partial charge < -0.3 is 10.3 Å². The first-order valence-electron chi connectivity index (χ1n) is 5.43. The third kappa shape index (κ3) is 2.18. The van der Waals surface area contributed by atoms with Gasteiger partial charge in [-0.05, 0) is 11.4 Å². The van der Waals surface area contributed by atoms with Crippen molar-refractivity contribution in [1.82, 2.24) is 20.2 Å². The van der Waals surface area contributed by atoms with Crippen molar-refractivity contribution in [3.63, 3.8) is 0 Å². The Labute approximate surface area is 107 Å². The van der Waals surface area contributed by atoms with Gasteiger partial charge in [-0.25, -0.2) is 4.68 Å². The van der Waals surface area contributed by atoms with E-state index < -0.39 is 0 Å². The Bertz CT molecular complexity index is 627. The summed E-state index contributed by atoms with van der Waals surface area (Å²) in [6, 6.07) is 5.89. The summed E-state index contributed by atoms with van der Waals surface area (Å²) in [6.45, 7) is 0.918. The van der Waals surface area contributed by atoms with Crippen LogP contribution in [0.1, 0.15) is 11.4 Å². The highest BCUT2D eigenvalue weighted by Gasteiger charge is 2.08. The van der Waals surface area contributed by atoms with Gasteiger partial charge in [0.2, 0.25) is 0 Å². The van der Waals surface area contributed by atoms with Gasteiger partial charge in [-0.3, -0.25) is 0 Å². The highest BCUT2D eigenvalue weighted by atomic mass is 32.1. The Kier molecular flexibility index (Phi) is 2.91. The maximum atomic E-state index is 5.48. The number of aromatic nitrogens is 4. The van der Waals surface area contributed by atoms with E-state index in [-0.39, 0.29) is 0 Å². The van der Waals surface area contributed by atoms with Gasteiger partial charge in [-0.2, -0.15) is 0 Å². The molecule has 0 spiro atoms. The minimum Gasteiger partial charge on any atom is -0.355 e. The molecule has 0 unspecified atom stereocenters. The second-order valence-electron chi connectivity index (χ2n) is 3.77. The smallest absolute Gasteiger partial charge is 0.177 e. The van der Waals surface area contributed by atoms with Crippen LogP contribution in [0.4, 0.5) is 0 Å². The van der Waals surface area contributed by atoms with E-state index in [0.29, 0.717) is 13.1 Å². The molecule has 18 heavy (non-hydrogen) atoms. The van der Waals surface area contributed by atoms with E-state index in [1.807, 2.05) is 23.6 Å². The van der Waals surface area contributed by atoms with Gasteiger partial charge in [0.05, 0.1) is 23.3 Å². The first kappa shape index (κ1) is 11.1. The minimum atomic E-state index is 0.388. The average Bonchev–Trinajstić information content (AvgIpc) is 3.10. The molecule has 2 N–H and O–H groups in total. The molecule has 0 radical (unpaired) electrons. The van der Waals surface area contributed by atoms with E-state index in [1.54, 1.807) is 22.2 Å². The van der Waals surface area contributed by atoms with Crippen molar-refractivity contribution in [2.45, 2.75) is 13.1 Å². The van der Waals surface area contributed by atoms with Crippen molar-refractivity contribution < 1.29 is 4.52 Å². The van der Waals surface area contributed by atoms with Gasteiger partial charge in [-0.1, -0.05) is 16.4 Å². The molecule has 3 aromatic rings. The Morgan fingerprint density at radius 3 is 3.06 bits per heavy atom. The lowest BCUT2D eigenvalue weighted by molar-refractivity contribution is 0.419. The number of nitrogens with two attached hydrogens (primary N) is 1. The zero-order valence-corrected chi connectivity index (χ0v) is 10.3. The molecule has 3 aromatic heterocycles. The fourth-order valence-electron chi connectivity index (χ4n) is 1.60. The van der Waals surface area contributed by atoms with Crippen LogP contribution >= 0.6 is 11.3 Å². The van der Waals surface area contributed by atoms with Gasteiger partial charge in [0, 0.05) is 12.6 Å². The van der Waals surface area contributed by atoms with Crippen LogP contribution in [-0.2, 0) is 13.1 Å². The lowest BCUT2D eigenvalue weighted by Crippen LogP contribution is -2.00. The molecular formula is C11H11N5OS. The third-order valence-corrected chi connectivity index (χ3v) is 3.33. The number of thiophene rings is 1. The molecule has 0 aliphatic rings. The van der Waals surface area contributed by atoms with Gasteiger partial charge >= 0.3 is 0 Å². The Hall–Kier alpha value is -1.99. The number of hydrogen-bond acceptors (Lipinski definition) is 6. The van der Waals surface area contributed by atoms with Crippen LogP contribution in [-0.4, -0.2) is 20.2 Å². The number of nitrogens with zero attached hydrogens (tertiary/aromatic N) is 4. The fraction of sp³-hybridized carbons (Fsp3) is 0.182. The predicted molar refractivity (Wildman–Crippen MR) is 66.8 cm³/mol. The molecule has 7 heteroatoms. The summed E-state index contributed by atoms with van der Waals surface area (Å²) in [6.07, 6.45) is 1.81. The predicted octanol–water partition coefficient (Wildman–Crippen LogP) is 1.50. The summed E-state index contributed by atoms with van der Waals surface area (Å²) < 4.78 is 6.98. The maximum absolute atomic E-state index is 5.48. The van der Waals surface area contributed by atoms with Crippen molar-refractivity contribution in [1.29, 1.82) is 0 Å². The summed E-state index contributed by atoms with van der Waals surface area (Å²) in [5, 5.41) is 13.9. The highest BCUT2D eigenvalue weighted by molar-refractivity contribution is 7.13. The lowest BCUT2D eigenvalue weighted by Gasteiger charge is -1.92. The lowest BCUT2D eigenvalue weighted by atomic mass is 10.3. The molecule has 0 amide bonds. The molecule has 0 saturated carbocycles. The summed E-state index contributed by atoms with van der Waals surface area (Å²) in [5.41, 5.74) is 7.05. The maximum Gasteiger partial charge on any atom is 0.177 e. The summed E-state index contributed by atoms with van der Waals surface area (Å²) >= 11 is 1.62. The molecule has 0 atom stereocenters. The van der Waals surface area contributed by atoms with E-state index in [2.05, 4.69) is 15.5 Å². The van der Waals surface area contributed by atoms with Gasteiger partial charge in [0.15, 0.2) is 5.76 Å². The second kappa shape index (κ2) is 4.71. The Morgan fingerprint density at radius 2 is 2.33 bits per heavy atom. The van der Waals surface area contributed by atoms with Gasteiger partial charge in [0.25, 0.3) is 0 Å². The molecule has 0 aliphatic heterocycles. The van der Waals surface area contributed by atoms with Crippen LogP contribution in [0, 0.1) is 0 Å². The highest BCUT2D eigenvalue weighted by Crippen LogP contribution is 2.25. The van der Waals surface area contributed by atoms with Crippen LogP contribution < -0.4 is 5.73 Å². The van der Waals surface area contributed by atoms with Crippen molar-refractivity contribution >= 4 is 11.3 Å². The zero-order valence-electron chi connectivity index (χ0n) is 9.48. The van der Waals surface area contributed by atoms with Crippen LogP contribution in [0.5, 0.6) is 0 Å². The normalized spacial score (nSPS) is 10.9. The molecule has 0 saturated heterocycles. The van der Waals surface area contributed by atoms with Crippen molar-refractivity contribution in [3.8, 4) is 10.6 Å². The van der Waals surface area contributed by atoms with E-state index >= 15 is 0 Å². The topological polar surface area (TPSA) is 82.8 Å². The monoisotopic (exact) mass is 261 g/mol. The summed E-state index contributed by atoms with van der Waals surface area (Å²) in [5.74, 6) is 0.777. The largest absolute Gasteiger partial charge is 0.355 e. The fourth-order valence-corrected chi connectivity index (χ4v) is 2.27. The summed E-state index contributed by atoms with van der Waals surface area (Å²) in [4.78, 5) is 1.06. The first-order valence-corrected chi connectivity index (χ1v) is 6.31. The second-order valence-corrected chi connectivity index (χ2v) is 4.72. The Balaban J connectivity index is 1.77. The summed E-state index contributed by atoms with van der Waals surface area (Å²) in [7, 11) is 0. The molecule has 92 valence electrons. The SMILES string of the molecule is NCc1cn(Cc2cc(-c3cccs3)on2)nn1. The zero-order chi connectivity index (χ0) is 12.4. The third-order valence-electron chi connectivity index (χ3n) is 2.44. The van der Waals surface area contributed by atoms with Crippen molar-refractivity contribution in [2.24, 2.45) is 5.73 Å². The van der Waals surface area contributed by atoms with Crippen molar-refractivity contribution in [3.05, 3.63) is 41.2 Å². The first-order chi connectivity index (χ1) is 8.85. The van der Waals surface area contributed by atoms with Crippen LogP contribution in [0.25, 0.3) is 10.6 Å².